The molecule has 0 spiro atoms. The van der Waals surface area contributed by atoms with Crippen LogP contribution < -0.4 is 15.5 Å². The Balaban J connectivity index is 1.96. The fourth-order valence-corrected chi connectivity index (χ4v) is 2.01. The number of methoxy groups -OCH3 is 1. The lowest BCUT2D eigenvalue weighted by atomic mass is 10.1. The van der Waals surface area contributed by atoms with Crippen molar-refractivity contribution in [2.75, 3.05) is 19.0 Å². The molecule has 7 heteroatoms. The average molecular weight is 331 g/mol. The number of aromatic hydroxyl groups is 1. The predicted molar refractivity (Wildman–Crippen MR) is 89.9 cm³/mol. The number of rotatable bonds is 6. The Morgan fingerprint density at radius 1 is 1.29 bits per heavy atom. The van der Waals surface area contributed by atoms with E-state index >= 15 is 0 Å². The van der Waals surface area contributed by atoms with Crippen molar-refractivity contribution in [2.24, 2.45) is 5.10 Å². The number of phenolic OH excluding ortho intramolecular Hbond substituents is 1. The number of benzene rings is 2. The fourth-order valence-electron chi connectivity index (χ4n) is 2.01. The summed E-state index contributed by atoms with van der Waals surface area (Å²) in [6, 6.07) is 10.7. The zero-order chi connectivity index (χ0) is 17.5. The summed E-state index contributed by atoms with van der Waals surface area (Å²) in [6.07, 6.45) is 0. The van der Waals surface area contributed by atoms with Crippen LogP contribution in [0.5, 0.6) is 11.5 Å². The third-order valence-corrected chi connectivity index (χ3v) is 3.24. The third-order valence-electron chi connectivity index (χ3n) is 3.24. The van der Waals surface area contributed by atoms with Gasteiger partial charge in [0.15, 0.2) is 0 Å². The Hall–Kier alpha value is -3.09. The van der Waals surface area contributed by atoms with Crippen molar-refractivity contribution in [1.82, 2.24) is 5.43 Å². The lowest BCUT2D eigenvalue weighted by molar-refractivity contribution is -0.119. The summed E-state index contributed by atoms with van der Waals surface area (Å²) in [7, 11) is 1.54. The Kier molecular flexibility index (Phi) is 5.73. The molecule has 0 saturated heterocycles. The van der Waals surface area contributed by atoms with E-state index in [0.29, 0.717) is 11.4 Å². The Bertz CT molecular complexity index is 762. The number of hydrogen-bond acceptors (Lipinski definition) is 5. The molecule has 126 valence electrons. The molecule has 2 aromatic rings. The number of carbonyl (C=O) groups is 1. The number of nitrogens with zero attached hydrogens (tertiary/aromatic N) is 1. The van der Waals surface area contributed by atoms with Crippen LogP contribution in [0.25, 0.3) is 0 Å². The number of hydrogen-bond donors (Lipinski definition) is 3. The molecule has 0 radical (unpaired) electrons. The van der Waals surface area contributed by atoms with Crippen molar-refractivity contribution in [3.8, 4) is 11.5 Å². The van der Waals surface area contributed by atoms with Gasteiger partial charge in [-0.1, -0.05) is 12.1 Å². The molecule has 1 amide bonds. The minimum Gasteiger partial charge on any atom is -0.507 e. The fraction of sp³-hybridized carbons (Fsp3) is 0.176. The summed E-state index contributed by atoms with van der Waals surface area (Å²) >= 11 is 0. The van der Waals surface area contributed by atoms with Crippen molar-refractivity contribution in [3.05, 3.63) is 53.8 Å². The van der Waals surface area contributed by atoms with E-state index in [4.69, 9.17) is 4.74 Å². The molecule has 6 nitrogen and oxygen atoms in total. The van der Waals surface area contributed by atoms with Gasteiger partial charge in [0.1, 0.15) is 17.3 Å². The predicted octanol–water partition coefficient (Wildman–Crippen LogP) is 2.49. The molecule has 24 heavy (non-hydrogen) atoms. The largest absolute Gasteiger partial charge is 0.507 e. The van der Waals surface area contributed by atoms with Crippen molar-refractivity contribution in [3.63, 3.8) is 0 Å². The van der Waals surface area contributed by atoms with E-state index in [9.17, 15) is 14.3 Å². The Morgan fingerprint density at radius 2 is 2.04 bits per heavy atom. The maximum atomic E-state index is 13.2. The molecule has 0 bridgehead atoms. The molecule has 0 saturated carbocycles. The first-order valence-corrected chi connectivity index (χ1v) is 7.20. The highest BCUT2D eigenvalue weighted by atomic mass is 19.1. The molecule has 0 atom stereocenters. The van der Waals surface area contributed by atoms with Gasteiger partial charge in [0.25, 0.3) is 5.91 Å². The van der Waals surface area contributed by atoms with Gasteiger partial charge in [0.2, 0.25) is 0 Å². The van der Waals surface area contributed by atoms with Gasteiger partial charge in [-0.05, 0) is 37.3 Å². The van der Waals surface area contributed by atoms with Crippen LogP contribution in [0.2, 0.25) is 0 Å². The topological polar surface area (TPSA) is 83.0 Å². The summed E-state index contributed by atoms with van der Waals surface area (Å²) in [5.74, 6) is -0.383. The number of ether oxygens (including phenoxy) is 1. The van der Waals surface area contributed by atoms with Crippen molar-refractivity contribution < 1.29 is 19.0 Å². The smallest absolute Gasteiger partial charge is 0.259 e. The quantitative estimate of drug-likeness (QED) is 0.561. The second-order valence-corrected chi connectivity index (χ2v) is 4.95. The second kappa shape index (κ2) is 7.96. The van der Waals surface area contributed by atoms with Crippen LogP contribution in [-0.2, 0) is 4.79 Å². The van der Waals surface area contributed by atoms with E-state index in [1.807, 2.05) is 12.1 Å². The maximum absolute atomic E-state index is 13.2. The minimum absolute atomic E-state index is 0.0215. The molecule has 2 aromatic carbocycles. The number of carbonyl (C=O) groups excluding carboxylic acids is 1. The molecule has 0 aromatic heterocycles. The van der Waals surface area contributed by atoms with E-state index in [2.05, 4.69) is 15.8 Å². The Labute approximate surface area is 139 Å². The van der Waals surface area contributed by atoms with E-state index in [-0.39, 0.29) is 23.6 Å². The second-order valence-electron chi connectivity index (χ2n) is 4.95. The van der Waals surface area contributed by atoms with Gasteiger partial charge in [-0.3, -0.25) is 4.79 Å². The van der Waals surface area contributed by atoms with E-state index < -0.39 is 11.7 Å². The van der Waals surface area contributed by atoms with Gasteiger partial charge in [-0.15, -0.1) is 0 Å². The van der Waals surface area contributed by atoms with Crippen LogP contribution in [-0.4, -0.2) is 30.4 Å². The summed E-state index contributed by atoms with van der Waals surface area (Å²) in [5, 5.41) is 16.5. The number of halogens is 1. The summed E-state index contributed by atoms with van der Waals surface area (Å²) in [5.41, 5.74) is 3.53. The molecule has 0 heterocycles. The van der Waals surface area contributed by atoms with Gasteiger partial charge < -0.3 is 15.2 Å². The monoisotopic (exact) mass is 331 g/mol. The average Bonchev–Trinajstić information content (AvgIpc) is 2.60. The van der Waals surface area contributed by atoms with Gasteiger partial charge >= 0.3 is 0 Å². The van der Waals surface area contributed by atoms with Crippen LogP contribution >= 0.6 is 0 Å². The lowest BCUT2D eigenvalue weighted by Crippen LogP contribution is -2.26. The number of hydrazone groups is 1. The number of phenols is 1. The zero-order valence-electron chi connectivity index (χ0n) is 13.3. The molecular formula is C17H18FN3O3. The molecule has 3 N–H and O–H groups in total. The van der Waals surface area contributed by atoms with Crippen LogP contribution in [0.1, 0.15) is 12.5 Å². The summed E-state index contributed by atoms with van der Waals surface area (Å²) < 4.78 is 18.4. The molecule has 2 rings (SSSR count). The van der Waals surface area contributed by atoms with Crippen LogP contribution in [0.4, 0.5) is 10.1 Å². The maximum Gasteiger partial charge on any atom is 0.259 e. The number of anilines is 1. The standard InChI is InChI=1S/C17H18FN3O3/c1-11(13-9-12(18)7-8-15(13)22)20-21-17(23)10-19-14-5-3-4-6-16(14)24-2/h3-9,19,22H,10H2,1-2H3,(H,21,23)/b20-11+. The first-order valence-electron chi connectivity index (χ1n) is 7.20. The number of nitrogens with one attached hydrogen (secondary N) is 2. The van der Waals surface area contributed by atoms with Gasteiger partial charge in [0, 0.05) is 5.56 Å². The molecular weight excluding hydrogens is 313 g/mol. The number of para-hydroxylation sites is 2. The van der Waals surface area contributed by atoms with Crippen LogP contribution in [0, 0.1) is 5.82 Å². The first kappa shape index (κ1) is 17.3. The third kappa shape index (κ3) is 4.45. The molecule has 0 fully saturated rings. The zero-order valence-corrected chi connectivity index (χ0v) is 13.3. The van der Waals surface area contributed by atoms with Gasteiger partial charge in [0.05, 0.1) is 25.1 Å². The van der Waals surface area contributed by atoms with E-state index in [1.54, 1.807) is 26.2 Å². The lowest BCUT2D eigenvalue weighted by Gasteiger charge is -2.10. The number of amides is 1. The minimum atomic E-state index is -0.499. The van der Waals surface area contributed by atoms with Crippen LogP contribution in [0.15, 0.2) is 47.6 Å². The highest BCUT2D eigenvalue weighted by Gasteiger charge is 2.08. The van der Waals surface area contributed by atoms with E-state index in [0.717, 1.165) is 12.1 Å². The molecule has 0 unspecified atom stereocenters. The van der Waals surface area contributed by atoms with Gasteiger partial charge in [-0.2, -0.15) is 5.10 Å². The normalized spacial score (nSPS) is 11.0. The summed E-state index contributed by atoms with van der Waals surface area (Å²) in [4.78, 5) is 11.8. The van der Waals surface area contributed by atoms with Crippen molar-refractivity contribution >= 4 is 17.3 Å². The molecule has 0 aliphatic carbocycles. The van der Waals surface area contributed by atoms with Gasteiger partial charge in [-0.25, -0.2) is 9.82 Å². The highest BCUT2D eigenvalue weighted by Crippen LogP contribution is 2.22. The highest BCUT2D eigenvalue weighted by molar-refractivity contribution is 6.01. The van der Waals surface area contributed by atoms with E-state index in [1.165, 1.54) is 6.07 Å². The molecule has 0 aliphatic heterocycles. The summed E-state index contributed by atoms with van der Waals surface area (Å²) in [6.45, 7) is 1.54. The first-order chi connectivity index (χ1) is 11.5. The SMILES string of the molecule is COc1ccccc1NCC(=O)N/N=C(\C)c1cc(F)ccc1O. The Morgan fingerprint density at radius 3 is 2.79 bits per heavy atom. The van der Waals surface area contributed by atoms with Crippen LogP contribution in [0.3, 0.4) is 0 Å². The molecule has 0 aliphatic rings. The van der Waals surface area contributed by atoms with Crippen molar-refractivity contribution in [2.45, 2.75) is 6.92 Å². The van der Waals surface area contributed by atoms with Crippen molar-refractivity contribution in [1.29, 1.82) is 0 Å².